The van der Waals surface area contributed by atoms with Crippen molar-refractivity contribution in [3.8, 4) is 0 Å². The quantitative estimate of drug-likeness (QED) is 0.0918. The largest absolute Gasteiger partial charge is 0.302 e. The molecule has 0 fully saturated rings. The van der Waals surface area contributed by atoms with E-state index >= 15 is 0 Å². The van der Waals surface area contributed by atoms with Gasteiger partial charge in [-0.3, -0.25) is 0 Å². The molecule has 2 unspecified atom stereocenters. The number of hydrogen-bond donors (Lipinski definition) is 0. The van der Waals surface area contributed by atoms with Crippen LogP contribution in [0, 0.1) is 6.42 Å². The van der Waals surface area contributed by atoms with Crippen molar-refractivity contribution in [3.05, 3.63) is 188 Å². The van der Waals surface area contributed by atoms with Gasteiger partial charge < -0.3 is 4.90 Å². The van der Waals surface area contributed by atoms with Gasteiger partial charge in [0.1, 0.15) is 0 Å². The molecule has 1 nitrogen and oxygen atoms in total. The van der Waals surface area contributed by atoms with Gasteiger partial charge in [-0.1, -0.05) is 196 Å². The maximum atomic E-state index is 2.78. The molecule has 0 N–H and O–H groups in total. The Hall–Kier alpha value is -3.43. The number of benzene rings is 6. The van der Waals surface area contributed by atoms with E-state index in [1.807, 2.05) is 0 Å². The summed E-state index contributed by atoms with van der Waals surface area (Å²) < 4.78 is 0. The average Bonchev–Trinajstić information content (AvgIpc) is 3.16. The van der Waals surface area contributed by atoms with Gasteiger partial charge in [-0.15, -0.1) is 0 Å². The summed E-state index contributed by atoms with van der Waals surface area (Å²) in [6.45, 7) is 7.80. The van der Waals surface area contributed by atoms with Crippen LogP contribution in [0.4, 0.5) is 0 Å². The Balaban J connectivity index is 1.40. The molecular weight excluding hydrogens is 647 g/mol. The molecule has 0 aliphatic heterocycles. The van der Waals surface area contributed by atoms with Crippen molar-refractivity contribution in [1.29, 1.82) is 0 Å². The summed E-state index contributed by atoms with van der Waals surface area (Å²) in [6.07, 6.45) is 3.50. The van der Waals surface area contributed by atoms with Crippen molar-refractivity contribution in [2.24, 2.45) is 0 Å². The Morgan fingerprint density at radius 3 is 1.12 bits per heavy atom. The Morgan fingerprint density at radius 2 is 0.776 bits per heavy atom. The predicted molar refractivity (Wildman–Crippen MR) is 222 cm³/mol. The van der Waals surface area contributed by atoms with Gasteiger partial charge in [0, 0.05) is 25.3 Å². The van der Waals surface area contributed by atoms with E-state index in [4.69, 9.17) is 0 Å². The van der Waals surface area contributed by atoms with Gasteiger partial charge in [0.15, 0.2) is 0 Å². The number of hydrogen-bond acceptors (Lipinski definition) is 1. The van der Waals surface area contributed by atoms with Gasteiger partial charge in [-0.2, -0.15) is 0 Å². The van der Waals surface area contributed by atoms with Crippen LogP contribution in [0.1, 0.15) is 13.8 Å². The van der Waals surface area contributed by atoms with Crippen LogP contribution >= 0.6 is 23.8 Å². The van der Waals surface area contributed by atoms with Crippen molar-refractivity contribution >= 4 is 55.6 Å². The number of nitrogens with zero attached hydrogens (tertiary/aromatic N) is 1. The van der Waals surface area contributed by atoms with Crippen molar-refractivity contribution < 1.29 is 0 Å². The van der Waals surface area contributed by atoms with Crippen LogP contribution in [0.25, 0.3) is 0 Å². The molecule has 4 heteroatoms. The van der Waals surface area contributed by atoms with Crippen LogP contribution in [0.15, 0.2) is 182 Å². The molecule has 6 rings (SSSR count). The second-order valence-corrected chi connectivity index (χ2v) is 19.9. The second-order valence-electron chi connectivity index (χ2n) is 12.5. The van der Waals surface area contributed by atoms with Crippen molar-refractivity contribution in [2.75, 3.05) is 25.8 Å². The molecule has 0 aliphatic carbocycles. The lowest BCUT2D eigenvalue weighted by molar-refractivity contribution is 0.301. The van der Waals surface area contributed by atoms with Gasteiger partial charge in [0.25, 0.3) is 0 Å². The summed E-state index contributed by atoms with van der Waals surface area (Å²) >= 11 is 0. The van der Waals surface area contributed by atoms with Crippen LogP contribution in [0.3, 0.4) is 0 Å². The molecule has 0 aromatic heterocycles. The molecule has 6 aromatic rings. The maximum Gasteiger partial charge on any atom is 0.00591 e. The molecule has 0 saturated heterocycles. The lowest BCUT2D eigenvalue weighted by atomic mass is 10.3. The van der Waals surface area contributed by atoms with Gasteiger partial charge in [0.05, 0.1) is 0 Å². The lowest BCUT2D eigenvalue weighted by Crippen LogP contribution is -2.42. The smallest absolute Gasteiger partial charge is 0.00591 e. The molecule has 0 bridgehead atoms. The standard InChI is InChI=1S/C45H47NP3/c1-3-34-46(35-38(2)48(41-26-14-6-15-27-41)42-28-16-7-17-29-42)36-45(49(43-30-18-8-19-31-43)44-32-20-9-21-33-44)37-47(39-22-10-4-11-23-39)40-24-12-5-13-25-40/h3-33,38,45H,34-37H2,1-2H3. The van der Waals surface area contributed by atoms with E-state index in [1.54, 1.807) is 0 Å². The summed E-state index contributed by atoms with van der Waals surface area (Å²) in [4.78, 5) is 2.78. The first-order chi connectivity index (χ1) is 24.2. The van der Waals surface area contributed by atoms with Gasteiger partial charge in [-0.25, -0.2) is 0 Å². The SMILES string of the molecule is C[CH]CN(CC(C)P(c1ccccc1)c1ccccc1)CC(CP(c1ccccc1)c1ccccc1)P(c1ccccc1)c1ccccc1. The molecule has 0 saturated carbocycles. The third kappa shape index (κ3) is 9.63. The van der Waals surface area contributed by atoms with Crippen LogP contribution in [0.2, 0.25) is 0 Å². The summed E-state index contributed by atoms with van der Waals surface area (Å²) in [6, 6.07) is 67.8. The average molecular weight is 695 g/mol. The zero-order valence-electron chi connectivity index (χ0n) is 28.7. The highest BCUT2D eigenvalue weighted by molar-refractivity contribution is 7.77. The Morgan fingerprint density at radius 1 is 0.449 bits per heavy atom. The van der Waals surface area contributed by atoms with Crippen LogP contribution in [0.5, 0.6) is 0 Å². The molecule has 2 atom stereocenters. The normalized spacial score (nSPS) is 12.9. The highest BCUT2D eigenvalue weighted by Crippen LogP contribution is 2.47. The summed E-state index contributed by atoms with van der Waals surface area (Å²) in [5, 5.41) is 8.77. The van der Waals surface area contributed by atoms with Crippen molar-refractivity contribution in [1.82, 2.24) is 4.90 Å². The highest BCUT2D eigenvalue weighted by Gasteiger charge is 2.32. The minimum Gasteiger partial charge on any atom is -0.302 e. The molecule has 0 heterocycles. The maximum absolute atomic E-state index is 2.78. The first-order valence-electron chi connectivity index (χ1n) is 17.4. The Kier molecular flexibility index (Phi) is 13.4. The molecule has 0 spiro atoms. The van der Waals surface area contributed by atoms with Gasteiger partial charge in [-0.05, 0) is 73.8 Å². The van der Waals surface area contributed by atoms with Crippen molar-refractivity contribution in [3.63, 3.8) is 0 Å². The molecule has 247 valence electrons. The van der Waals surface area contributed by atoms with E-state index < -0.39 is 23.8 Å². The highest BCUT2D eigenvalue weighted by atomic mass is 31.1. The first kappa shape index (κ1) is 35.4. The monoisotopic (exact) mass is 694 g/mol. The summed E-state index contributed by atoms with van der Waals surface area (Å²) in [5.41, 5.74) is 0.947. The Bertz CT molecular complexity index is 1650. The fraction of sp³-hybridized carbons (Fsp3) is 0.178. The predicted octanol–water partition coefficient (Wildman–Crippen LogP) is 8.67. The zero-order valence-corrected chi connectivity index (χ0v) is 31.4. The second kappa shape index (κ2) is 18.5. The minimum atomic E-state index is -0.633. The van der Waals surface area contributed by atoms with Gasteiger partial charge in [0.2, 0.25) is 0 Å². The van der Waals surface area contributed by atoms with Crippen LogP contribution < -0.4 is 31.8 Å². The van der Waals surface area contributed by atoms with E-state index in [0.717, 1.165) is 25.8 Å². The van der Waals surface area contributed by atoms with Crippen molar-refractivity contribution in [2.45, 2.75) is 25.2 Å². The van der Waals surface area contributed by atoms with E-state index in [2.05, 4.69) is 207 Å². The third-order valence-electron chi connectivity index (χ3n) is 8.90. The summed E-state index contributed by atoms with van der Waals surface area (Å²) in [7, 11) is -1.72. The molecule has 0 aliphatic rings. The van der Waals surface area contributed by atoms with E-state index in [-0.39, 0.29) is 0 Å². The molecule has 1 radical (unpaired) electrons. The molecule has 6 aromatic carbocycles. The first-order valence-corrected chi connectivity index (χ1v) is 21.7. The fourth-order valence-electron chi connectivity index (χ4n) is 6.83. The molecular formula is C45H47NP3. The lowest BCUT2D eigenvalue weighted by Gasteiger charge is -2.38. The van der Waals surface area contributed by atoms with E-state index in [1.165, 1.54) is 31.8 Å². The minimum absolute atomic E-state index is 0.457. The van der Waals surface area contributed by atoms with E-state index in [0.29, 0.717) is 11.3 Å². The Labute approximate surface area is 298 Å². The van der Waals surface area contributed by atoms with Gasteiger partial charge >= 0.3 is 0 Å². The third-order valence-corrected chi connectivity index (χ3v) is 17.4. The van der Waals surface area contributed by atoms with Crippen LogP contribution in [-0.2, 0) is 0 Å². The van der Waals surface area contributed by atoms with E-state index in [9.17, 15) is 0 Å². The molecule has 49 heavy (non-hydrogen) atoms. The zero-order chi connectivity index (χ0) is 33.7. The summed E-state index contributed by atoms with van der Waals surface area (Å²) in [5.74, 6) is 0. The molecule has 0 amide bonds. The van der Waals surface area contributed by atoms with Crippen LogP contribution in [-0.4, -0.2) is 42.0 Å². The fourth-order valence-corrected chi connectivity index (χ4v) is 15.5. The number of rotatable bonds is 16. The topological polar surface area (TPSA) is 3.24 Å².